The molecule has 1 saturated heterocycles. The highest BCUT2D eigenvalue weighted by atomic mass is 19.1. The summed E-state index contributed by atoms with van der Waals surface area (Å²) in [7, 11) is 0. The molecule has 0 spiro atoms. The Labute approximate surface area is 188 Å². The van der Waals surface area contributed by atoms with Crippen LogP contribution in [0.2, 0.25) is 0 Å². The summed E-state index contributed by atoms with van der Waals surface area (Å²) in [6, 6.07) is 2.85. The van der Waals surface area contributed by atoms with E-state index in [9.17, 15) is 14.0 Å². The van der Waals surface area contributed by atoms with Crippen molar-refractivity contribution in [3.63, 3.8) is 0 Å². The van der Waals surface area contributed by atoms with Crippen molar-refractivity contribution in [1.29, 1.82) is 0 Å². The van der Waals surface area contributed by atoms with Gasteiger partial charge in [0.2, 0.25) is 5.91 Å². The molecule has 4 rings (SSSR count). The van der Waals surface area contributed by atoms with E-state index in [2.05, 4.69) is 20.2 Å². The molecule has 2 fully saturated rings. The van der Waals surface area contributed by atoms with Crippen molar-refractivity contribution in [3.05, 3.63) is 52.9 Å². The molecule has 32 heavy (non-hydrogen) atoms. The van der Waals surface area contributed by atoms with E-state index in [0.717, 1.165) is 55.6 Å². The largest absolute Gasteiger partial charge is 0.340 e. The van der Waals surface area contributed by atoms with Crippen LogP contribution in [-0.4, -0.2) is 57.8 Å². The smallest absolute Gasteiger partial charge is 0.275 e. The number of piperazine rings is 1. The number of aryl methyl sites for hydroxylation is 1. The van der Waals surface area contributed by atoms with Gasteiger partial charge in [0.25, 0.3) is 5.91 Å². The zero-order valence-corrected chi connectivity index (χ0v) is 18.7. The molecule has 1 saturated carbocycles. The van der Waals surface area contributed by atoms with Crippen LogP contribution in [0.15, 0.2) is 24.5 Å². The molecule has 2 heterocycles. The highest BCUT2D eigenvalue weighted by molar-refractivity contribution is 6.03. The quantitative estimate of drug-likeness (QED) is 0.773. The van der Waals surface area contributed by atoms with Gasteiger partial charge >= 0.3 is 0 Å². The van der Waals surface area contributed by atoms with Crippen molar-refractivity contribution in [2.24, 2.45) is 5.92 Å². The summed E-state index contributed by atoms with van der Waals surface area (Å²) in [4.78, 5) is 37.6. The number of anilines is 1. The Kier molecular flexibility index (Phi) is 6.79. The molecule has 2 amide bonds. The summed E-state index contributed by atoms with van der Waals surface area (Å²) < 4.78 is 14.4. The lowest BCUT2D eigenvalue weighted by molar-refractivity contribution is -0.137. The van der Waals surface area contributed by atoms with Crippen molar-refractivity contribution in [2.45, 2.75) is 46.1 Å². The number of hydrogen-bond donors (Lipinski definition) is 1. The maximum atomic E-state index is 14.4. The predicted octanol–water partition coefficient (Wildman–Crippen LogP) is 3.32. The summed E-state index contributed by atoms with van der Waals surface area (Å²) in [5, 5.41) is 2.76. The number of rotatable bonds is 5. The fourth-order valence-electron chi connectivity index (χ4n) is 4.52. The number of carbonyl (C=O) groups excluding carboxylic acids is 2. The summed E-state index contributed by atoms with van der Waals surface area (Å²) in [5.41, 5.74) is 2.98. The number of amides is 2. The number of nitrogens with zero attached hydrogens (tertiary/aromatic N) is 4. The normalized spacial score (nSPS) is 17.5. The summed E-state index contributed by atoms with van der Waals surface area (Å²) in [6.07, 6.45) is 7.28. The van der Waals surface area contributed by atoms with Crippen LogP contribution < -0.4 is 5.32 Å². The van der Waals surface area contributed by atoms with Crippen LogP contribution in [0.25, 0.3) is 0 Å². The second-order valence-electron chi connectivity index (χ2n) is 8.82. The van der Waals surface area contributed by atoms with Gasteiger partial charge in [-0.15, -0.1) is 0 Å². The summed E-state index contributed by atoms with van der Waals surface area (Å²) in [5.74, 6) is -0.313. The highest BCUT2D eigenvalue weighted by Crippen LogP contribution is 2.27. The molecule has 7 nitrogen and oxygen atoms in total. The van der Waals surface area contributed by atoms with Crippen molar-refractivity contribution in [3.8, 4) is 0 Å². The molecular formula is C24H30FN5O2. The molecule has 8 heteroatoms. The van der Waals surface area contributed by atoms with Gasteiger partial charge in [-0.05, 0) is 49.9 Å². The molecule has 0 bridgehead atoms. The van der Waals surface area contributed by atoms with Gasteiger partial charge in [0.1, 0.15) is 11.5 Å². The van der Waals surface area contributed by atoms with E-state index in [1.807, 2.05) is 11.8 Å². The lowest BCUT2D eigenvalue weighted by Gasteiger charge is -2.36. The maximum absolute atomic E-state index is 14.4. The molecular weight excluding hydrogens is 409 g/mol. The van der Waals surface area contributed by atoms with Crippen molar-refractivity contribution < 1.29 is 14.0 Å². The first kappa shape index (κ1) is 22.3. The third-order valence-corrected chi connectivity index (χ3v) is 6.52. The molecule has 1 aromatic heterocycles. The number of carbonyl (C=O) groups is 2. The van der Waals surface area contributed by atoms with Gasteiger partial charge in [-0.3, -0.25) is 19.5 Å². The molecule has 2 aromatic rings. The zero-order valence-electron chi connectivity index (χ0n) is 18.7. The molecule has 170 valence electrons. The zero-order chi connectivity index (χ0) is 22.7. The minimum atomic E-state index is -0.420. The monoisotopic (exact) mass is 439 g/mol. The SMILES string of the molecule is Cc1cnc(C(=O)Nc2cc(F)cc(CN3CCN(C(=O)C4CCCC4)CC3)c2C)cn1. The number of nitrogens with one attached hydrogen (secondary N) is 1. The van der Waals surface area contributed by atoms with Crippen LogP contribution in [0.5, 0.6) is 0 Å². The number of hydrogen-bond acceptors (Lipinski definition) is 5. The first-order valence-corrected chi connectivity index (χ1v) is 11.3. The summed E-state index contributed by atoms with van der Waals surface area (Å²) >= 11 is 0. The molecule has 0 unspecified atom stereocenters. The molecule has 2 aliphatic rings. The Bertz CT molecular complexity index is 981. The van der Waals surface area contributed by atoms with Crippen molar-refractivity contribution in [2.75, 3.05) is 31.5 Å². The Morgan fingerprint density at radius 3 is 2.44 bits per heavy atom. The topological polar surface area (TPSA) is 78.4 Å². The average molecular weight is 440 g/mol. The Morgan fingerprint density at radius 2 is 1.78 bits per heavy atom. The van der Waals surface area contributed by atoms with E-state index >= 15 is 0 Å². The average Bonchev–Trinajstić information content (AvgIpc) is 3.32. The van der Waals surface area contributed by atoms with Crippen LogP contribution in [0.3, 0.4) is 0 Å². The first-order chi connectivity index (χ1) is 15.4. The van der Waals surface area contributed by atoms with Gasteiger partial charge in [0, 0.05) is 50.5 Å². The second-order valence-corrected chi connectivity index (χ2v) is 8.82. The van der Waals surface area contributed by atoms with Crippen LogP contribution in [0.1, 0.15) is 53.0 Å². The standard InChI is InChI=1S/C24H30FN5O2/c1-16-13-27-22(14-26-16)23(31)28-21-12-20(25)11-19(17(21)2)15-29-7-9-30(10-8-29)24(32)18-5-3-4-6-18/h11-14,18H,3-10,15H2,1-2H3,(H,28,31). The van der Waals surface area contributed by atoms with Gasteiger partial charge in [0.05, 0.1) is 11.9 Å². The third kappa shape index (κ3) is 5.12. The third-order valence-electron chi connectivity index (χ3n) is 6.52. The van der Waals surface area contributed by atoms with E-state index in [0.29, 0.717) is 31.2 Å². The molecule has 0 atom stereocenters. The fourth-order valence-corrected chi connectivity index (χ4v) is 4.52. The van der Waals surface area contributed by atoms with Crippen molar-refractivity contribution >= 4 is 17.5 Å². The van der Waals surface area contributed by atoms with Crippen molar-refractivity contribution in [1.82, 2.24) is 19.8 Å². The maximum Gasteiger partial charge on any atom is 0.275 e. The number of benzene rings is 1. The van der Waals surface area contributed by atoms with Gasteiger partial charge < -0.3 is 10.2 Å². The van der Waals surface area contributed by atoms with E-state index in [1.165, 1.54) is 24.5 Å². The molecule has 0 radical (unpaired) electrons. The van der Waals surface area contributed by atoms with Gasteiger partial charge in [-0.2, -0.15) is 0 Å². The van der Waals surface area contributed by atoms with E-state index < -0.39 is 11.7 Å². The number of halogens is 1. The Hall–Kier alpha value is -2.87. The van der Waals surface area contributed by atoms with E-state index in [1.54, 1.807) is 6.92 Å². The van der Waals surface area contributed by atoms with E-state index in [-0.39, 0.29) is 11.6 Å². The Balaban J connectivity index is 1.39. The van der Waals surface area contributed by atoms with Crippen LogP contribution >= 0.6 is 0 Å². The minimum Gasteiger partial charge on any atom is -0.340 e. The molecule has 1 aromatic carbocycles. The van der Waals surface area contributed by atoms with Crippen LogP contribution in [0, 0.1) is 25.6 Å². The molecule has 1 aliphatic carbocycles. The highest BCUT2D eigenvalue weighted by Gasteiger charge is 2.29. The van der Waals surface area contributed by atoms with Crippen LogP contribution in [-0.2, 0) is 11.3 Å². The lowest BCUT2D eigenvalue weighted by Crippen LogP contribution is -2.49. The fraction of sp³-hybridized carbons (Fsp3) is 0.500. The first-order valence-electron chi connectivity index (χ1n) is 11.3. The minimum absolute atomic E-state index is 0.184. The lowest BCUT2D eigenvalue weighted by atomic mass is 10.0. The summed E-state index contributed by atoms with van der Waals surface area (Å²) in [6.45, 7) is 7.18. The molecule has 1 N–H and O–H groups in total. The van der Waals surface area contributed by atoms with Gasteiger partial charge in [0.15, 0.2) is 0 Å². The Morgan fingerprint density at radius 1 is 1.06 bits per heavy atom. The van der Waals surface area contributed by atoms with Gasteiger partial charge in [-0.25, -0.2) is 9.37 Å². The second kappa shape index (κ2) is 9.73. The molecule has 1 aliphatic heterocycles. The van der Waals surface area contributed by atoms with Crippen LogP contribution in [0.4, 0.5) is 10.1 Å². The van der Waals surface area contributed by atoms with Gasteiger partial charge in [-0.1, -0.05) is 12.8 Å². The number of aromatic nitrogens is 2. The predicted molar refractivity (Wildman–Crippen MR) is 120 cm³/mol. The van der Waals surface area contributed by atoms with E-state index in [4.69, 9.17) is 0 Å².